The smallest absolute Gasteiger partial charge is 0.128 e. The maximum atomic E-state index is 4.67. The molecular formula is C27H40N2. The zero-order chi connectivity index (χ0) is 20.3. The molecule has 1 fully saturated rings. The van der Waals surface area contributed by atoms with Crippen LogP contribution in [0.15, 0.2) is 36.7 Å². The summed E-state index contributed by atoms with van der Waals surface area (Å²) >= 11 is 0. The van der Waals surface area contributed by atoms with E-state index in [0.29, 0.717) is 0 Å². The third kappa shape index (κ3) is 7.24. The fraction of sp³-hybridized carbons (Fsp3) is 0.630. The topological polar surface area (TPSA) is 25.8 Å². The van der Waals surface area contributed by atoms with Gasteiger partial charge in [0.25, 0.3) is 0 Å². The molecule has 0 bridgehead atoms. The van der Waals surface area contributed by atoms with Gasteiger partial charge in [0.1, 0.15) is 5.82 Å². The van der Waals surface area contributed by atoms with Crippen LogP contribution in [0.25, 0.3) is 11.1 Å². The minimum absolute atomic E-state index is 0.886. The van der Waals surface area contributed by atoms with Crippen LogP contribution in [-0.2, 0) is 12.8 Å². The minimum atomic E-state index is 0.886. The Bertz CT molecular complexity index is 681. The van der Waals surface area contributed by atoms with Crippen molar-refractivity contribution in [3.8, 4) is 11.1 Å². The van der Waals surface area contributed by atoms with Gasteiger partial charge < -0.3 is 0 Å². The van der Waals surface area contributed by atoms with Crippen LogP contribution in [-0.4, -0.2) is 9.97 Å². The van der Waals surface area contributed by atoms with Crippen molar-refractivity contribution in [3.63, 3.8) is 0 Å². The van der Waals surface area contributed by atoms with Gasteiger partial charge in [-0.1, -0.05) is 95.9 Å². The lowest BCUT2D eigenvalue weighted by molar-refractivity contribution is 0.248. The SMILES string of the molecule is CCCCCC1CCC(CCc2ncc(-c3ccc(CCCC)cc3)cn2)CC1. The highest BCUT2D eigenvalue weighted by atomic mass is 14.9. The van der Waals surface area contributed by atoms with Gasteiger partial charge in [-0.15, -0.1) is 0 Å². The van der Waals surface area contributed by atoms with Crippen molar-refractivity contribution < 1.29 is 0 Å². The molecule has 0 amide bonds. The van der Waals surface area contributed by atoms with Crippen LogP contribution in [0.1, 0.15) is 95.9 Å². The normalized spacial score (nSPS) is 19.4. The maximum Gasteiger partial charge on any atom is 0.128 e. The molecule has 0 radical (unpaired) electrons. The molecule has 0 spiro atoms. The van der Waals surface area contributed by atoms with Gasteiger partial charge in [-0.2, -0.15) is 0 Å². The molecular weight excluding hydrogens is 352 g/mol. The largest absolute Gasteiger partial charge is 0.241 e. The number of hydrogen-bond donors (Lipinski definition) is 0. The van der Waals surface area contributed by atoms with Crippen molar-refractivity contribution in [1.82, 2.24) is 9.97 Å². The number of nitrogens with zero attached hydrogens (tertiary/aromatic N) is 2. The lowest BCUT2D eigenvalue weighted by atomic mass is 9.78. The first-order valence-corrected chi connectivity index (χ1v) is 12.2. The van der Waals surface area contributed by atoms with E-state index in [4.69, 9.17) is 0 Å². The number of aromatic nitrogens is 2. The highest BCUT2D eigenvalue weighted by Gasteiger charge is 2.20. The van der Waals surface area contributed by atoms with Gasteiger partial charge in [0, 0.05) is 24.4 Å². The first kappa shape index (κ1) is 22.0. The Morgan fingerprint density at radius 2 is 1.31 bits per heavy atom. The van der Waals surface area contributed by atoms with Crippen LogP contribution < -0.4 is 0 Å². The first-order chi connectivity index (χ1) is 14.3. The number of hydrogen-bond acceptors (Lipinski definition) is 2. The van der Waals surface area contributed by atoms with Gasteiger partial charge in [-0.05, 0) is 42.2 Å². The molecule has 1 aliphatic carbocycles. The zero-order valence-electron chi connectivity index (χ0n) is 18.7. The number of aryl methyl sites for hydroxylation is 2. The van der Waals surface area contributed by atoms with Crippen molar-refractivity contribution in [1.29, 1.82) is 0 Å². The molecule has 1 aliphatic rings. The molecule has 3 rings (SSSR count). The third-order valence-electron chi connectivity index (χ3n) is 6.77. The average Bonchev–Trinajstić information content (AvgIpc) is 2.78. The minimum Gasteiger partial charge on any atom is -0.241 e. The van der Waals surface area contributed by atoms with Gasteiger partial charge in [0.05, 0.1) is 0 Å². The Kier molecular flexibility index (Phi) is 9.18. The summed E-state index contributed by atoms with van der Waals surface area (Å²) < 4.78 is 0. The Morgan fingerprint density at radius 1 is 0.690 bits per heavy atom. The lowest BCUT2D eigenvalue weighted by Gasteiger charge is -2.28. The van der Waals surface area contributed by atoms with Crippen LogP contribution in [0, 0.1) is 11.8 Å². The van der Waals surface area contributed by atoms with E-state index in [9.17, 15) is 0 Å². The zero-order valence-corrected chi connectivity index (χ0v) is 18.7. The lowest BCUT2D eigenvalue weighted by Crippen LogP contribution is -2.15. The molecule has 158 valence electrons. The van der Waals surface area contributed by atoms with Gasteiger partial charge in [0.15, 0.2) is 0 Å². The van der Waals surface area contributed by atoms with Gasteiger partial charge in [0.2, 0.25) is 0 Å². The summed E-state index contributed by atoms with van der Waals surface area (Å²) in [6, 6.07) is 8.92. The first-order valence-electron chi connectivity index (χ1n) is 12.2. The number of benzene rings is 1. The van der Waals surface area contributed by atoms with E-state index in [-0.39, 0.29) is 0 Å². The molecule has 0 saturated heterocycles. The van der Waals surface area contributed by atoms with Crippen LogP contribution in [0.3, 0.4) is 0 Å². The molecule has 29 heavy (non-hydrogen) atoms. The van der Waals surface area contributed by atoms with E-state index in [1.165, 1.54) is 88.2 Å². The summed E-state index contributed by atoms with van der Waals surface area (Å²) in [6.45, 7) is 4.54. The monoisotopic (exact) mass is 392 g/mol. The summed E-state index contributed by atoms with van der Waals surface area (Å²) in [6.07, 6.45) is 21.4. The summed E-state index contributed by atoms with van der Waals surface area (Å²) in [5.41, 5.74) is 3.77. The Hall–Kier alpha value is -1.70. The van der Waals surface area contributed by atoms with Gasteiger partial charge in [-0.25, -0.2) is 9.97 Å². The van der Waals surface area contributed by atoms with Crippen molar-refractivity contribution in [2.75, 3.05) is 0 Å². The Labute approximate surface area is 178 Å². The molecule has 1 saturated carbocycles. The van der Waals surface area contributed by atoms with Crippen LogP contribution in [0.4, 0.5) is 0 Å². The predicted octanol–water partition coefficient (Wildman–Crippen LogP) is 7.81. The van der Waals surface area contributed by atoms with Crippen molar-refractivity contribution in [2.45, 2.75) is 97.3 Å². The molecule has 0 atom stereocenters. The average molecular weight is 393 g/mol. The van der Waals surface area contributed by atoms with Crippen molar-refractivity contribution >= 4 is 0 Å². The second-order valence-corrected chi connectivity index (χ2v) is 9.11. The number of unbranched alkanes of at least 4 members (excludes halogenated alkanes) is 3. The summed E-state index contributed by atoms with van der Waals surface area (Å²) in [5, 5.41) is 0. The summed E-state index contributed by atoms with van der Waals surface area (Å²) in [4.78, 5) is 9.33. The molecule has 0 unspecified atom stereocenters. The Balaban J connectivity index is 1.42. The molecule has 1 heterocycles. The molecule has 1 aromatic heterocycles. The van der Waals surface area contributed by atoms with E-state index in [0.717, 1.165) is 29.6 Å². The van der Waals surface area contributed by atoms with E-state index in [2.05, 4.69) is 48.1 Å². The molecule has 2 aromatic rings. The second-order valence-electron chi connectivity index (χ2n) is 9.11. The standard InChI is InChI=1S/C27H40N2/c1-3-5-7-9-23-10-12-24(13-11-23)16-19-27-28-20-26(21-29-27)25-17-14-22(15-18-25)8-6-4-2/h14-15,17-18,20-21,23-24H,3-13,16,19H2,1-2H3. The van der Waals surface area contributed by atoms with E-state index >= 15 is 0 Å². The van der Waals surface area contributed by atoms with Gasteiger partial charge in [-0.3, -0.25) is 0 Å². The second kappa shape index (κ2) is 12.1. The molecule has 2 heteroatoms. The predicted molar refractivity (Wildman–Crippen MR) is 124 cm³/mol. The third-order valence-corrected chi connectivity index (χ3v) is 6.77. The highest BCUT2D eigenvalue weighted by molar-refractivity contribution is 5.61. The summed E-state index contributed by atoms with van der Waals surface area (Å²) in [7, 11) is 0. The van der Waals surface area contributed by atoms with Gasteiger partial charge >= 0.3 is 0 Å². The Morgan fingerprint density at radius 3 is 1.93 bits per heavy atom. The van der Waals surface area contributed by atoms with Crippen LogP contribution >= 0.6 is 0 Å². The molecule has 2 nitrogen and oxygen atoms in total. The van der Waals surface area contributed by atoms with E-state index in [1.807, 2.05) is 12.4 Å². The fourth-order valence-electron chi connectivity index (χ4n) is 4.70. The highest BCUT2D eigenvalue weighted by Crippen LogP contribution is 2.34. The molecule has 1 aromatic carbocycles. The van der Waals surface area contributed by atoms with Crippen molar-refractivity contribution in [2.24, 2.45) is 11.8 Å². The number of rotatable bonds is 11. The van der Waals surface area contributed by atoms with E-state index < -0.39 is 0 Å². The quantitative estimate of drug-likeness (QED) is 0.364. The van der Waals surface area contributed by atoms with Crippen molar-refractivity contribution in [3.05, 3.63) is 48.0 Å². The summed E-state index contributed by atoms with van der Waals surface area (Å²) in [5.74, 6) is 2.90. The molecule has 0 N–H and O–H groups in total. The van der Waals surface area contributed by atoms with Crippen LogP contribution in [0.2, 0.25) is 0 Å². The molecule has 0 aliphatic heterocycles. The van der Waals surface area contributed by atoms with E-state index in [1.54, 1.807) is 0 Å². The fourth-order valence-corrected chi connectivity index (χ4v) is 4.70. The van der Waals surface area contributed by atoms with Crippen LogP contribution in [0.5, 0.6) is 0 Å². The maximum absolute atomic E-state index is 4.67.